The van der Waals surface area contributed by atoms with Crippen molar-refractivity contribution in [1.29, 1.82) is 5.26 Å². The van der Waals surface area contributed by atoms with Crippen LogP contribution in [0.2, 0.25) is 5.02 Å². The number of nitrogens with one attached hydrogen (secondary N) is 1. The fourth-order valence-corrected chi connectivity index (χ4v) is 6.47. The first kappa shape index (κ1) is 22.5. The lowest BCUT2D eigenvalue weighted by molar-refractivity contribution is -0.127. The molecule has 2 aliphatic rings. The van der Waals surface area contributed by atoms with Crippen LogP contribution in [0.1, 0.15) is 25.7 Å². The number of nitrogens with zero attached hydrogens (tertiary/aromatic N) is 2. The van der Waals surface area contributed by atoms with E-state index >= 15 is 0 Å². The van der Waals surface area contributed by atoms with Crippen molar-refractivity contribution in [3.63, 3.8) is 0 Å². The molecule has 0 spiro atoms. The van der Waals surface area contributed by atoms with Crippen LogP contribution in [0.3, 0.4) is 0 Å². The molecule has 10 heteroatoms. The lowest BCUT2D eigenvalue weighted by Gasteiger charge is -2.20. The second kappa shape index (κ2) is 8.68. The van der Waals surface area contributed by atoms with Gasteiger partial charge < -0.3 is 10.1 Å². The van der Waals surface area contributed by atoms with Gasteiger partial charge in [0.2, 0.25) is 5.91 Å². The van der Waals surface area contributed by atoms with Crippen LogP contribution in [-0.2, 0) is 14.6 Å². The van der Waals surface area contributed by atoms with Crippen LogP contribution in [0.15, 0.2) is 47.6 Å². The zero-order valence-corrected chi connectivity index (χ0v) is 18.6. The summed E-state index contributed by atoms with van der Waals surface area (Å²) in [6, 6.07) is 8.70. The Hall–Kier alpha value is -2.70. The molecule has 1 aromatic heterocycles. The van der Waals surface area contributed by atoms with Gasteiger partial charge in [-0.05, 0) is 56.0 Å². The van der Waals surface area contributed by atoms with Gasteiger partial charge in [0.1, 0.15) is 17.1 Å². The molecule has 1 aromatic carbocycles. The minimum Gasteiger partial charge on any atom is -0.492 e. The third kappa shape index (κ3) is 4.57. The summed E-state index contributed by atoms with van der Waals surface area (Å²) in [4.78, 5) is 16.8. The Morgan fingerprint density at radius 2 is 2.12 bits per heavy atom. The van der Waals surface area contributed by atoms with Gasteiger partial charge in [-0.2, -0.15) is 5.26 Å². The molecule has 0 radical (unpaired) electrons. The number of hydrogen-bond acceptors (Lipinski definition) is 6. The van der Waals surface area contributed by atoms with Crippen molar-refractivity contribution in [2.75, 3.05) is 6.61 Å². The van der Waals surface area contributed by atoms with E-state index in [4.69, 9.17) is 16.3 Å². The molecule has 4 rings (SSSR count). The molecule has 168 valence electrons. The lowest BCUT2D eigenvalue weighted by atomic mass is 9.95. The van der Waals surface area contributed by atoms with E-state index in [9.17, 15) is 22.9 Å². The molecular formula is C22H21ClFN3O4S. The molecule has 2 saturated carbocycles. The van der Waals surface area contributed by atoms with Gasteiger partial charge in [-0.3, -0.25) is 9.78 Å². The molecule has 1 amide bonds. The molecule has 0 aliphatic heterocycles. The minimum absolute atomic E-state index is 0.0600. The molecule has 0 bridgehead atoms. The average molecular weight is 478 g/mol. The molecule has 7 nitrogen and oxygen atoms in total. The van der Waals surface area contributed by atoms with E-state index in [1.165, 1.54) is 6.20 Å². The number of aromatic nitrogens is 1. The minimum atomic E-state index is -3.91. The van der Waals surface area contributed by atoms with Crippen LogP contribution in [-0.4, -0.2) is 36.7 Å². The molecule has 1 heterocycles. The number of carbonyl (C=O) groups is 1. The Bertz CT molecular complexity index is 1170. The van der Waals surface area contributed by atoms with E-state index in [2.05, 4.69) is 16.4 Å². The zero-order valence-electron chi connectivity index (χ0n) is 17.0. The lowest BCUT2D eigenvalue weighted by Crippen LogP contribution is -2.41. The first-order valence-electron chi connectivity index (χ1n) is 10.2. The maximum Gasteiger partial charge on any atom is 0.224 e. The third-order valence-corrected chi connectivity index (χ3v) is 8.71. The van der Waals surface area contributed by atoms with Crippen molar-refractivity contribution in [3.8, 4) is 11.8 Å². The first-order valence-corrected chi connectivity index (χ1v) is 12.1. The molecule has 2 fully saturated rings. The molecule has 2 aromatic rings. The summed E-state index contributed by atoms with van der Waals surface area (Å²) in [5.74, 6) is -1.53. The number of ether oxygens (including phenoxy) is 1. The van der Waals surface area contributed by atoms with E-state index in [0.717, 1.165) is 18.2 Å². The van der Waals surface area contributed by atoms with Gasteiger partial charge in [-0.15, -0.1) is 0 Å². The molecular weight excluding hydrogens is 457 g/mol. The Kier molecular flexibility index (Phi) is 6.10. The number of carbonyl (C=O) groups excluding carboxylic acids is 1. The maximum atomic E-state index is 13.4. The molecule has 3 unspecified atom stereocenters. The van der Waals surface area contributed by atoms with E-state index in [1.807, 2.05) is 0 Å². The second-order valence-electron chi connectivity index (χ2n) is 8.26. The van der Waals surface area contributed by atoms with Crippen molar-refractivity contribution in [2.45, 2.75) is 41.4 Å². The maximum absolute atomic E-state index is 13.4. The molecule has 1 N–H and O–H groups in total. The van der Waals surface area contributed by atoms with Crippen molar-refractivity contribution < 1.29 is 22.3 Å². The summed E-state index contributed by atoms with van der Waals surface area (Å²) in [5, 5.41) is 11.0. The summed E-state index contributed by atoms with van der Waals surface area (Å²) in [6.45, 7) is 0.118. The van der Waals surface area contributed by atoms with Gasteiger partial charge in [0.05, 0.1) is 34.0 Å². The van der Waals surface area contributed by atoms with Crippen molar-refractivity contribution in [3.05, 3.63) is 53.6 Å². The van der Waals surface area contributed by atoms with E-state index in [-0.39, 0.29) is 35.3 Å². The number of hydrogen-bond donors (Lipinski definition) is 1. The third-order valence-electron chi connectivity index (χ3n) is 6.05. The molecule has 3 atom stereocenters. The van der Waals surface area contributed by atoms with E-state index in [0.29, 0.717) is 18.6 Å². The Labute approximate surface area is 190 Å². The van der Waals surface area contributed by atoms with Crippen molar-refractivity contribution >= 4 is 27.3 Å². The highest BCUT2D eigenvalue weighted by atomic mass is 35.5. The number of nitriles is 1. The van der Waals surface area contributed by atoms with E-state index in [1.54, 1.807) is 18.3 Å². The summed E-state index contributed by atoms with van der Waals surface area (Å²) < 4.78 is 45.7. The van der Waals surface area contributed by atoms with Gasteiger partial charge in [-0.25, -0.2) is 12.8 Å². The highest BCUT2D eigenvalue weighted by molar-refractivity contribution is 7.92. The normalized spacial score (nSPS) is 23.8. The summed E-state index contributed by atoms with van der Waals surface area (Å²) >= 11 is 6.02. The van der Waals surface area contributed by atoms with Crippen LogP contribution in [0.25, 0.3) is 0 Å². The number of pyridine rings is 1. The Morgan fingerprint density at radius 3 is 2.75 bits per heavy atom. The van der Waals surface area contributed by atoms with E-state index < -0.39 is 38.3 Å². The molecule has 32 heavy (non-hydrogen) atoms. The number of amides is 1. The number of sulfone groups is 1. The molecule has 2 aliphatic carbocycles. The van der Waals surface area contributed by atoms with Crippen LogP contribution >= 0.6 is 11.6 Å². The summed E-state index contributed by atoms with van der Waals surface area (Å²) in [7, 11) is -3.91. The fraction of sp³-hybridized carbons (Fsp3) is 0.409. The van der Waals surface area contributed by atoms with Gasteiger partial charge in [0, 0.05) is 18.0 Å². The fourth-order valence-electron chi connectivity index (χ4n) is 4.07. The summed E-state index contributed by atoms with van der Waals surface area (Å²) in [6.07, 6.45) is 4.52. The predicted molar refractivity (Wildman–Crippen MR) is 114 cm³/mol. The molecule has 0 saturated heterocycles. The van der Waals surface area contributed by atoms with Gasteiger partial charge in [-0.1, -0.05) is 11.6 Å². The predicted octanol–water partition coefficient (Wildman–Crippen LogP) is 3.29. The zero-order chi connectivity index (χ0) is 22.9. The standard InChI is InChI=1S/C22H21ClFN3O4S/c23-19-9-15(24)3-4-20(19)32(29,30)17-8-14(12-31-16-2-1-7-26-11-16)18(10-17)21(28)27-22(13-25)5-6-22/h1-4,7,9,11,14,17-18H,5-6,8,10,12H2,(H,27,28). The summed E-state index contributed by atoms with van der Waals surface area (Å²) in [5.41, 5.74) is -0.858. The number of benzene rings is 1. The van der Waals surface area contributed by atoms with Crippen LogP contribution in [0.4, 0.5) is 4.39 Å². The van der Waals surface area contributed by atoms with Gasteiger partial charge >= 0.3 is 0 Å². The Morgan fingerprint density at radius 1 is 1.34 bits per heavy atom. The average Bonchev–Trinajstić information content (AvgIpc) is 3.39. The smallest absolute Gasteiger partial charge is 0.224 e. The highest BCUT2D eigenvalue weighted by Gasteiger charge is 2.50. The number of rotatable bonds is 7. The number of halogens is 2. The largest absolute Gasteiger partial charge is 0.492 e. The van der Waals surface area contributed by atoms with Crippen LogP contribution < -0.4 is 10.1 Å². The van der Waals surface area contributed by atoms with Gasteiger partial charge in [0.25, 0.3) is 0 Å². The highest BCUT2D eigenvalue weighted by Crippen LogP contribution is 2.42. The topological polar surface area (TPSA) is 109 Å². The second-order valence-corrected chi connectivity index (χ2v) is 10.9. The monoisotopic (exact) mass is 477 g/mol. The Balaban J connectivity index is 1.56. The van der Waals surface area contributed by atoms with Crippen LogP contribution in [0.5, 0.6) is 5.75 Å². The van der Waals surface area contributed by atoms with Crippen molar-refractivity contribution in [1.82, 2.24) is 10.3 Å². The quantitative estimate of drug-likeness (QED) is 0.613. The van der Waals surface area contributed by atoms with Crippen LogP contribution in [0, 0.1) is 29.0 Å². The van der Waals surface area contributed by atoms with Crippen molar-refractivity contribution in [2.24, 2.45) is 11.8 Å². The first-order chi connectivity index (χ1) is 15.2. The van der Waals surface area contributed by atoms with Gasteiger partial charge in [0.15, 0.2) is 9.84 Å². The SMILES string of the molecule is N#CC1(NC(=O)C2CC(S(=O)(=O)c3ccc(F)cc3Cl)CC2COc2cccnc2)CC1.